The minimum Gasteiger partial charge on any atom is -0.350 e. The summed E-state index contributed by atoms with van der Waals surface area (Å²) < 4.78 is 0. The molecular formula is C10H21ClN2O. The van der Waals surface area contributed by atoms with Gasteiger partial charge < -0.3 is 10.6 Å². The molecule has 1 atom stereocenters. The van der Waals surface area contributed by atoms with Crippen LogP contribution in [0.3, 0.4) is 0 Å². The van der Waals surface area contributed by atoms with Crippen molar-refractivity contribution in [1.82, 2.24) is 10.6 Å². The molecule has 1 aliphatic rings. The first-order valence-electron chi connectivity index (χ1n) is 4.99. The van der Waals surface area contributed by atoms with Gasteiger partial charge >= 0.3 is 0 Å². The average Bonchev–Trinajstić information content (AvgIpc) is 1.80. The van der Waals surface area contributed by atoms with E-state index in [4.69, 9.17) is 0 Å². The van der Waals surface area contributed by atoms with Crippen LogP contribution in [0.1, 0.15) is 34.1 Å². The Bertz CT molecular complexity index is 200. The standard InChI is InChI=1S/C10H20N2O.ClH/c1-7(2)10(3,4)12-9(13)8-5-6-11-8;/h7-8,11H,5-6H2,1-4H3,(H,12,13);1H/t8-;/m1./s1. The van der Waals surface area contributed by atoms with Gasteiger partial charge in [-0.25, -0.2) is 0 Å². The van der Waals surface area contributed by atoms with Gasteiger partial charge in [0.2, 0.25) is 5.91 Å². The largest absolute Gasteiger partial charge is 0.350 e. The van der Waals surface area contributed by atoms with Crippen molar-refractivity contribution in [2.45, 2.75) is 45.7 Å². The van der Waals surface area contributed by atoms with Crippen LogP contribution in [0.2, 0.25) is 0 Å². The van der Waals surface area contributed by atoms with E-state index in [1.807, 2.05) is 0 Å². The minimum absolute atomic E-state index is 0. The predicted octanol–water partition coefficient (Wildman–Crippen LogP) is 1.32. The average molecular weight is 221 g/mol. The van der Waals surface area contributed by atoms with E-state index in [1.54, 1.807) is 0 Å². The van der Waals surface area contributed by atoms with Crippen LogP contribution < -0.4 is 10.6 Å². The molecule has 0 aromatic heterocycles. The van der Waals surface area contributed by atoms with E-state index in [0.29, 0.717) is 5.92 Å². The fourth-order valence-electron chi connectivity index (χ4n) is 1.06. The molecule has 0 unspecified atom stereocenters. The lowest BCUT2D eigenvalue weighted by Crippen LogP contribution is -2.58. The lowest BCUT2D eigenvalue weighted by atomic mass is 9.90. The van der Waals surface area contributed by atoms with Crippen LogP contribution in [0, 0.1) is 5.92 Å². The van der Waals surface area contributed by atoms with Crippen LogP contribution in [0.5, 0.6) is 0 Å². The molecule has 1 amide bonds. The van der Waals surface area contributed by atoms with Crippen LogP contribution in [-0.4, -0.2) is 24.0 Å². The van der Waals surface area contributed by atoms with Crippen LogP contribution in [0.15, 0.2) is 0 Å². The maximum Gasteiger partial charge on any atom is 0.237 e. The summed E-state index contributed by atoms with van der Waals surface area (Å²) in [4.78, 5) is 11.6. The summed E-state index contributed by atoms with van der Waals surface area (Å²) in [7, 11) is 0. The van der Waals surface area contributed by atoms with Crippen LogP contribution in [-0.2, 0) is 4.79 Å². The number of amides is 1. The number of nitrogens with one attached hydrogen (secondary N) is 2. The van der Waals surface area contributed by atoms with Crippen LogP contribution in [0.4, 0.5) is 0 Å². The Morgan fingerprint density at radius 3 is 2.29 bits per heavy atom. The third kappa shape index (κ3) is 3.14. The maximum absolute atomic E-state index is 11.6. The summed E-state index contributed by atoms with van der Waals surface area (Å²) in [6.45, 7) is 9.34. The van der Waals surface area contributed by atoms with E-state index in [2.05, 4.69) is 38.3 Å². The van der Waals surface area contributed by atoms with Gasteiger partial charge in [-0.2, -0.15) is 0 Å². The molecule has 1 saturated heterocycles. The molecule has 0 saturated carbocycles. The number of rotatable bonds is 3. The molecule has 2 N–H and O–H groups in total. The third-order valence-corrected chi connectivity index (χ3v) is 3.03. The molecular weight excluding hydrogens is 200 g/mol. The second-order valence-corrected chi connectivity index (χ2v) is 4.66. The summed E-state index contributed by atoms with van der Waals surface area (Å²) in [5.41, 5.74) is -0.103. The lowest BCUT2D eigenvalue weighted by Gasteiger charge is -2.35. The van der Waals surface area contributed by atoms with Gasteiger partial charge in [-0.3, -0.25) is 4.79 Å². The smallest absolute Gasteiger partial charge is 0.237 e. The van der Waals surface area contributed by atoms with Crippen molar-refractivity contribution in [3.8, 4) is 0 Å². The topological polar surface area (TPSA) is 41.1 Å². The van der Waals surface area contributed by atoms with Gasteiger partial charge in [0.05, 0.1) is 6.04 Å². The Morgan fingerprint density at radius 2 is 2.00 bits per heavy atom. The zero-order valence-corrected chi connectivity index (χ0v) is 10.2. The fourth-order valence-corrected chi connectivity index (χ4v) is 1.06. The monoisotopic (exact) mass is 220 g/mol. The van der Waals surface area contributed by atoms with Gasteiger partial charge in [0, 0.05) is 5.54 Å². The molecule has 1 heterocycles. The quantitative estimate of drug-likeness (QED) is 0.754. The Kier molecular flexibility index (Phi) is 4.89. The number of hydrogen-bond donors (Lipinski definition) is 2. The third-order valence-electron chi connectivity index (χ3n) is 3.03. The normalized spacial score (nSPS) is 21.1. The molecule has 84 valence electrons. The Morgan fingerprint density at radius 1 is 1.50 bits per heavy atom. The zero-order valence-electron chi connectivity index (χ0n) is 9.39. The second-order valence-electron chi connectivity index (χ2n) is 4.66. The van der Waals surface area contributed by atoms with E-state index in [-0.39, 0.29) is 29.9 Å². The molecule has 0 bridgehead atoms. The summed E-state index contributed by atoms with van der Waals surface area (Å²) >= 11 is 0. The molecule has 4 heteroatoms. The van der Waals surface area contributed by atoms with E-state index >= 15 is 0 Å². The van der Waals surface area contributed by atoms with E-state index in [1.165, 1.54) is 0 Å². The molecule has 0 spiro atoms. The van der Waals surface area contributed by atoms with E-state index in [9.17, 15) is 4.79 Å². The highest BCUT2D eigenvalue weighted by Crippen LogP contribution is 2.16. The highest BCUT2D eigenvalue weighted by atomic mass is 35.5. The lowest BCUT2D eigenvalue weighted by molar-refractivity contribution is -0.126. The summed E-state index contributed by atoms with van der Waals surface area (Å²) in [5.74, 6) is 0.599. The van der Waals surface area contributed by atoms with Gasteiger partial charge in [0.1, 0.15) is 0 Å². The second kappa shape index (κ2) is 4.99. The maximum atomic E-state index is 11.6. The SMILES string of the molecule is CC(C)C(C)(C)NC(=O)[C@H]1CCN1.Cl. The van der Waals surface area contributed by atoms with Crippen molar-refractivity contribution in [3.63, 3.8) is 0 Å². The molecule has 3 nitrogen and oxygen atoms in total. The van der Waals surface area contributed by atoms with Crippen molar-refractivity contribution >= 4 is 18.3 Å². The first-order valence-corrected chi connectivity index (χ1v) is 4.99. The highest BCUT2D eigenvalue weighted by molar-refractivity contribution is 5.85. The molecule has 0 aromatic rings. The summed E-state index contributed by atoms with van der Waals surface area (Å²) in [6, 6.07) is 0.0537. The van der Waals surface area contributed by atoms with Crippen molar-refractivity contribution in [2.75, 3.05) is 6.54 Å². The molecule has 1 rings (SSSR count). The van der Waals surface area contributed by atoms with E-state index < -0.39 is 0 Å². The number of carbonyl (C=O) groups is 1. The van der Waals surface area contributed by atoms with Crippen molar-refractivity contribution in [1.29, 1.82) is 0 Å². The highest BCUT2D eigenvalue weighted by Gasteiger charge is 2.30. The number of halogens is 1. The zero-order chi connectivity index (χ0) is 10.1. The summed E-state index contributed by atoms with van der Waals surface area (Å²) in [5, 5.41) is 6.15. The van der Waals surface area contributed by atoms with E-state index in [0.717, 1.165) is 13.0 Å². The Labute approximate surface area is 92.4 Å². The fraction of sp³-hybridized carbons (Fsp3) is 0.900. The molecule has 1 fully saturated rings. The van der Waals surface area contributed by atoms with Gasteiger partial charge in [0.25, 0.3) is 0 Å². The minimum atomic E-state index is -0.103. The van der Waals surface area contributed by atoms with Crippen molar-refractivity contribution < 1.29 is 4.79 Å². The Hall–Kier alpha value is -0.280. The van der Waals surface area contributed by atoms with Crippen LogP contribution in [0.25, 0.3) is 0 Å². The molecule has 14 heavy (non-hydrogen) atoms. The number of hydrogen-bond acceptors (Lipinski definition) is 2. The van der Waals surface area contributed by atoms with Gasteiger partial charge in [-0.15, -0.1) is 12.4 Å². The van der Waals surface area contributed by atoms with Gasteiger partial charge in [-0.05, 0) is 32.7 Å². The van der Waals surface area contributed by atoms with Crippen molar-refractivity contribution in [2.24, 2.45) is 5.92 Å². The Balaban J connectivity index is 0.00000169. The molecule has 0 aliphatic carbocycles. The van der Waals surface area contributed by atoms with Crippen LogP contribution >= 0.6 is 12.4 Å². The van der Waals surface area contributed by atoms with Gasteiger partial charge in [0.15, 0.2) is 0 Å². The molecule has 0 aromatic carbocycles. The molecule has 0 radical (unpaired) electrons. The van der Waals surface area contributed by atoms with Crippen molar-refractivity contribution in [3.05, 3.63) is 0 Å². The molecule has 1 aliphatic heterocycles. The predicted molar refractivity (Wildman–Crippen MR) is 60.7 cm³/mol. The first-order chi connectivity index (χ1) is 5.93. The summed E-state index contributed by atoms with van der Waals surface area (Å²) in [6.07, 6.45) is 0.972. The first kappa shape index (κ1) is 13.7. The van der Waals surface area contributed by atoms with Gasteiger partial charge in [-0.1, -0.05) is 13.8 Å². The number of carbonyl (C=O) groups excluding carboxylic acids is 1.